The van der Waals surface area contributed by atoms with E-state index in [2.05, 4.69) is 15.3 Å². The van der Waals surface area contributed by atoms with Crippen molar-refractivity contribution in [1.82, 2.24) is 15.3 Å². The van der Waals surface area contributed by atoms with Crippen molar-refractivity contribution in [3.05, 3.63) is 52.1 Å². The van der Waals surface area contributed by atoms with Gasteiger partial charge < -0.3 is 11.1 Å². The Bertz CT molecular complexity index is 812. The molecule has 106 valence electrons. The molecule has 0 saturated heterocycles. The highest BCUT2D eigenvalue weighted by atomic mass is 32.1. The first-order chi connectivity index (χ1) is 10.1. The number of fused-ring (bicyclic) bond motifs is 1. The van der Waals surface area contributed by atoms with Crippen molar-refractivity contribution in [3.8, 4) is 0 Å². The van der Waals surface area contributed by atoms with Gasteiger partial charge in [0.15, 0.2) is 0 Å². The molecule has 0 atom stereocenters. The third-order valence-corrected chi connectivity index (χ3v) is 4.01. The first-order valence-electron chi connectivity index (χ1n) is 6.48. The van der Waals surface area contributed by atoms with Gasteiger partial charge in [0.1, 0.15) is 11.5 Å². The number of aryl methyl sites for hydroxylation is 1. The van der Waals surface area contributed by atoms with Crippen LogP contribution in [0.5, 0.6) is 0 Å². The van der Waals surface area contributed by atoms with Crippen LogP contribution in [0.15, 0.2) is 36.5 Å². The van der Waals surface area contributed by atoms with Crippen LogP contribution in [-0.2, 0) is 6.54 Å². The molecule has 3 aromatic rings. The van der Waals surface area contributed by atoms with E-state index >= 15 is 0 Å². The van der Waals surface area contributed by atoms with Crippen molar-refractivity contribution in [1.29, 1.82) is 0 Å². The average molecular weight is 298 g/mol. The Kier molecular flexibility index (Phi) is 3.53. The summed E-state index contributed by atoms with van der Waals surface area (Å²) in [5.41, 5.74) is 6.23. The minimum Gasteiger partial charge on any atom is -0.383 e. The highest BCUT2D eigenvalue weighted by molar-refractivity contribution is 7.11. The lowest BCUT2D eigenvalue weighted by molar-refractivity contribution is 0.0946. The zero-order valence-electron chi connectivity index (χ0n) is 11.5. The molecule has 3 N–H and O–H groups in total. The van der Waals surface area contributed by atoms with Crippen LogP contribution in [-0.4, -0.2) is 15.9 Å². The van der Waals surface area contributed by atoms with Gasteiger partial charge in [-0.2, -0.15) is 0 Å². The molecule has 0 saturated carbocycles. The van der Waals surface area contributed by atoms with Gasteiger partial charge in [-0.05, 0) is 18.4 Å². The van der Waals surface area contributed by atoms with Gasteiger partial charge in [-0.25, -0.2) is 9.97 Å². The van der Waals surface area contributed by atoms with Crippen LogP contribution < -0.4 is 11.1 Å². The van der Waals surface area contributed by atoms with E-state index in [4.69, 9.17) is 5.73 Å². The van der Waals surface area contributed by atoms with Gasteiger partial charge in [0.2, 0.25) is 0 Å². The Morgan fingerprint density at radius 2 is 2.19 bits per heavy atom. The average Bonchev–Trinajstić information content (AvgIpc) is 2.90. The largest absolute Gasteiger partial charge is 0.383 e. The van der Waals surface area contributed by atoms with Gasteiger partial charge in [0.25, 0.3) is 5.91 Å². The normalized spacial score (nSPS) is 10.7. The number of rotatable bonds is 3. The second kappa shape index (κ2) is 5.49. The smallest absolute Gasteiger partial charge is 0.270 e. The summed E-state index contributed by atoms with van der Waals surface area (Å²) < 4.78 is 0. The fourth-order valence-electron chi connectivity index (χ4n) is 2.09. The number of nitrogens with two attached hydrogens (primary N) is 1. The minimum absolute atomic E-state index is 0.237. The number of thiazole rings is 1. The fraction of sp³-hybridized carbons (Fsp3) is 0.133. The third-order valence-electron chi connectivity index (χ3n) is 3.09. The lowest BCUT2D eigenvalue weighted by atomic mass is 10.1. The molecule has 0 bridgehead atoms. The van der Waals surface area contributed by atoms with Crippen molar-refractivity contribution in [2.75, 3.05) is 5.73 Å². The lowest BCUT2D eigenvalue weighted by Crippen LogP contribution is -2.23. The summed E-state index contributed by atoms with van der Waals surface area (Å²) >= 11 is 1.56. The van der Waals surface area contributed by atoms with Crippen molar-refractivity contribution in [3.63, 3.8) is 0 Å². The Balaban J connectivity index is 1.81. The second-order valence-corrected chi connectivity index (χ2v) is 5.96. The van der Waals surface area contributed by atoms with Crippen molar-refractivity contribution >= 4 is 33.8 Å². The molecule has 2 heterocycles. The summed E-state index contributed by atoms with van der Waals surface area (Å²) in [7, 11) is 0. The molecule has 5 nitrogen and oxygen atoms in total. The summed E-state index contributed by atoms with van der Waals surface area (Å²) in [5, 5.41) is 5.57. The lowest BCUT2D eigenvalue weighted by Gasteiger charge is -2.06. The Hall–Kier alpha value is -2.47. The van der Waals surface area contributed by atoms with Gasteiger partial charge in [-0.15, -0.1) is 11.3 Å². The van der Waals surface area contributed by atoms with E-state index in [0.717, 1.165) is 20.7 Å². The molecule has 0 aliphatic rings. The quantitative estimate of drug-likeness (QED) is 0.778. The molecule has 0 fully saturated rings. The van der Waals surface area contributed by atoms with E-state index < -0.39 is 0 Å². The predicted octanol–water partition coefficient (Wildman–Crippen LogP) is 2.51. The van der Waals surface area contributed by atoms with Crippen LogP contribution in [0, 0.1) is 6.92 Å². The number of hydrogen-bond donors (Lipinski definition) is 2. The molecular weight excluding hydrogens is 284 g/mol. The fourth-order valence-corrected chi connectivity index (χ4v) is 2.82. The van der Waals surface area contributed by atoms with Crippen LogP contribution in [0.3, 0.4) is 0 Å². The third kappa shape index (κ3) is 2.85. The topological polar surface area (TPSA) is 80.9 Å². The first-order valence-corrected chi connectivity index (χ1v) is 7.30. The highest BCUT2D eigenvalue weighted by Crippen LogP contribution is 2.20. The number of benzene rings is 1. The van der Waals surface area contributed by atoms with Gasteiger partial charge in [-0.3, -0.25) is 4.79 Å². The molecule has 21 heavy (non-hydrogen) atoms. The Morgan fingerprint density at radius 3 is 2.95 bits per heavy atom. The van der Waals surface area contributed by atoms with E-state index in [1.54, 1.807) is 23.6 Å². The van der Waals surface area contributed by atoms with Crippen LogP contribution >= 0.6 is 11.3 Å². The van der Waals surface area contributed by atoms with Gasteiger partial charge >= 0.3 is 0 Å². The maximum absolute atomic E-state index is 12.2. The zero-order valence-corrected chi connectivity index (χ0v) is 12.3. The number of anilines is 1. The second-order valence-electron chi connectivity index (χ2n) is 4.64. The van der Waals surface area contributed by atoms with E-state index in [9.17, 15) is 4.79 Å². The van der Waals surface area contributed by atoms with Crippen molar-refractivity contribution < 1.29 is 4.79 Å². The maximum Gasteiger partial charge on any atom is 0.270 e. The van der Waals surface area contributed by atoms with Crippen LogP contribution in [0.2, 0.25) is 0 Å². The zero-order chi connectivity index (χ0) is 14.8. The summed E-state index contributed by atoms with van der Waals surface area (Å²) in [6, 6.07) is 9.35. The molecule has 3 rings (SSSR count). The summed E-state index contributed by atoms with van der Waals surface area (Å²) in [6.45, 7) is 2.38. The number of amides is 1. The molecular formula is C15H14N4OS. The van der Waals surface area contributed by atoms with Gasteiger partial charge in [-0.1, -0.05) is 24.3 Å². The summed E-state index contributed by atoms with van der Waals surface area (Å²) in [5.74, 6) is 0.130. The number of nitrogens with one attached hydrogen (secondary N) is 1. The standard InChI is InChI=1S/C15H14N4OS/c1-9-17-7-11(21-9)8-18-15(20)13-6-10-4-2-3-5-12(10)14(16)19-13/h2-7H,8H2,1H3,(H2,16,19)(H,18,20). The maximum atomic E-state index is 12.2. The van der Waals surface area contributed by atoms with Crippen molar-refractivity contribution in [2.45, 2.75) is 13.5 Å². The number of nitrogen functional groups attached to an aromatic ring is 1. The number of carbonyl (C=O) groups is 1. The number of nitrogens with zero attached hydrogens (tertiary/aromatic N) is 2. The number of aromatic nitrogens is 2. The SMILES string of the molecule is Cc1ncc(CNC(=O)c2cc3ccccc3c(N)n2)s1. The summed E-state index contributed by atoms with van der Waals surface area (Å²) in [6.07, 6.45) is 1.77. The molecule has 1 aromatic carbocycles. The van der Waals surface area contributed by atoms with E-state index in [1.807, 2.05) is 31.2 Å². The monoisotopic (exact) mass is 298 g/mol. The molecule has 0 aliphatic carbocycles. The van der Waals surface area contributed by atoms with Crippen molar-refractivity contribution in [2.24, 2.45) is 0 Å². The predicted molar refractivity (Wildman–Crippen MR) is 84.2 cm³/mol. The molecule has 0 aliphatic heterocycles. The molecule has 0 spiro atoms. The highest BCUT2D eigenvalue weighted by Gasteiger charge is 2.11. The number of carbonyl (C=O) groups excluding carboxylic acids is 1. The van der Waals surface area contributed by atoms with Gasteiger partial charge in [0.05, 0.1) is 11.6 Å². The van der Waals surface area contributed by atoms with E-state index in [1.165, 1.54) is 0 Å². The summed E-state index contributed by atoms with van der Waals surface area (Å²) in [4.78, 5) is 21.5. The van der Waals surface area contributed by atoms with Crippen LogP contribution in [0.4, 0.5) is 5.82 Å². The number of pyridine rings is 1. The molecule has 0 unspecified atom stereocenters. The van der Waals surface area contributed by atoms with E-state index in [-0.39, 0.29) is 5.91 Å². The molecule has 2 aromatic heterocycles. The van der Waals surface area contributed by atoms with E-state index in [0.29, 0.717) is 18.1 Å². The molecule has 0 radical (unpaired) electrons. The minimum atomic E-state index is -0.237. The Morgan fingerprint density at radius 1 is 1.38 bits per heavy atom. The van der Waals surface area contributed by atoms with Crippen LogP contribution in [0.25, 0.3) is 10.8 Å². The van der Waals surface area contributed by atoms with Gasteiger partial charge in [0, 0.05) is 16.5 Å². The Labute approximate surface area is 125 Å². The first kappa shape index (κ1) is 13.5. The molecule has 6 heteroatoms. The number of hydrogen-bond acceptors (Lipinski definition) is 5. The van der Waals surface area contributed by atoms with Crippen LogP contribution in [0.1, 0.15) is 20.4 Å². The molecule has 1 amide bonds.